The monoisotopic (exact) mass is 490 g/mol. The third-order valence-electron chi connectivity index (χ3n) is 5.39. The van der Waals surface area contributed by atoms with Crippen molar-refractivity contribution in [1.82, 2.24) is 4.31 Å². The molecule has 0 aliphatic carbocycles. The number of benzene rings is 2. The van der Waals surface area contributed by atoms with Gasteiger partial charge in [-0.2, -0.15) is 4.31 Å². The van der Waals surface area contributed by atoms with Crippen molar-refractivity contribution in [1.29, 1.82) is 0 Å². The second kappa shape index (κ2) is 8.40. The van der Waals surface area contributed by atoms with Crippen LogP contribution in [0.3, 0.4) is 0 Å². The number of nitrogens with zero attached hydrogens (tertiary/aromatic N) is 1. The van der Waals surface area contributed by atoms with Gasteiger partial charge in [-0.25, -0.2) is 8.42 Å². The number of thiophene rings is 1. The summed E-state index contributed by atoms with van der Waals surface area (Å²) in [5, 5.41) is 5.01. The van der Waals surface area contributed by atoms with Crippen molar-refractivity contribution in [3.63, 3.8) is 0 Å². The van der Waals surface area contributed by atoms with Crippen LogP contribution in [0.2, 0.25) is 5.02 Å². The molecule has 166 valence electrons. The Bertz CT molecular complexity index is 1310. The minimum Gasteiger partial charge on any atom is -0.486 e. The van der Waals surface area contributed by atoms with E-state index in [2.05, 4.69) is 5.32 Å². The lowest BCUT2D eigenvalue weighted by molar-refractivity contribution is 0.102. The Morgan fingerprint density at radius 2 is 1.88 bits per heavy atom. The fourth-order valence-corrected chi connectivity index (χ4v) is 6.28. The summed E-state index contributed by atoms with van der Waals surface area (Å²) in [6.45, 7) is 1.59. The van der Waals surface area contributed by atoms with Gasteiger partial charge in [-0.3, -0.25) is 4.79 Å². The quantitative estimate of drug-likeness (QED) is 0.593. The number of hydrogen-bond acceptors (Lipinski definition) is 6. The largest absolute Gasteiger partial charge is 0.486 e. The van der Waals surface area contributed by atoms with Crippen molar-refractivity contribution in [2.75, 3.05) is 25.1 Å². The number of rotatable bonds is 4. The summed E-state index contributed by atoms with van der Waals surface area (Å²) in [4.78, 5) is 14.2. The third kappa shape index (κ3) is 3.97. The molecule has 0 radical (unpaired) electrons. The van der Waals surface area contributed by atoms with Crippen LogP contribution in [0.4, 0.5) is 5.69 Å². The number of sulfonamides is 1. The molecule has 0 atom stereocenters. The van der Waals surface area contributed by atoms with Crippen molar-refractivity contribution in [3.8, 4) is 11.5 Å². The standard InChI is InChI=1S/C22H19ClN2O5S2/c23-17-11-19-20(30-8-7-29-19)12-18(17)24-22(26)14-2-1-3-16(10-14)32(27,28)25-6-4-21-15(13-25)5-9-31-21/h1-3,5,9-12H,4,6-8,13H2,(H,24,26). The summed E-state index contributed by atoms with van der Waals surface area (Å²) < 4.78 is 38.9. The number of ether oxygens (including phenoxy) is 2. The van der Waals surface area contributed by atoms with Crippen LogP contribution < -0.4 is 14.8 Å². The van der Waals surface area contributed by atoms with Crippen LogP contribution in [0.5, 0.6) is 11.5 Å². The molecule has 7 nitrogen and oxygen atoms in total. The molecule has 3 heterocycles. The lowest BCUT2D eigenvalue weighted by atomic mass is 10.1. The van der Waals surface area contributed by atoms with Gasteiger partial charge < -0.3 is 14.8 Å². The molecule has 32 heavy (non-hydrogen) atoms. The van der Waals surface area contributed by atoms with Crippen LogP contribution in [0, 0.1) is 0 Å². The molecule has 2 aromatic carbocycles. The number of nitrogens with one attached hydrogen (secondary N) is 1. The maximum atomic E-state index is 13.2. The summed E-state index contributed by atoms with van der Waals surface area (Å²) >= 11 is 7.93. The predicted octanol–water partition coefficient (Wildman–Crippen LogP) is 4.17. The molecule has 10 heteroatoms. The van der Waals surface area contributed by atoms with Crippen molar-refractivity contribution in [2.24, 2.45) is 0 Å². The maximum Gasteiger partial charge on any atom is 0.255 e. The number of amides is 1. The average molecular weight is 491 g/mol. The molecule has 0 saturated carbocycles. The number of hydrogen-bond donors (Lipinski definition) is 1. The molecule has 0 bridgehead atoms. The fourth-order valence-electron chi connectivity index (χ4n) is 3.73. The number of fused-ring (bicyclic) bond motifs is 2. The van der Waals surface area contributed by atoms with Crippen LogP contribution in [-0.4, -0.2) is 38.4 Å². The van der Waals surface area contributed by atoms with Gasteiger partial charge in [-0.1, -0.05) is 17.7 Å². The van der Waals surface area contributed by atoms with E-state index in [1.807, 2.05) is 11.4 Å². The predicted molar refractivity (Wildman–Crippen MR) is 122 cm³/mol. The van der Waals surface area contributed by atoms with Crippen LogP contribution in [0.25, 0.3) is 0 Å². The van der Waals surface area contributed by atoms with Crippen LogP contribution in [0.1, 0.15) is 20.8 Å². The summed E-state index contributed by atoms with van der Waals surface area (Å²) in [5.41, 5.74) is 1.60. The van der Waals surface area contributed by atoms with Crippen molar-refractivity contribution in [3.05, 3.63) is 68.9 Å². The van der Waals surface area contributed by atoms with Crippen molar-refractivity contribution >= 4 is 44.6 Å². The summed E-state index contributed by atoms with van der Waals surface area (Å²) in [6, 6.07) is 11.2. The molecule has 2 aliphatic heterocycles. The highest BCUT2D eigenvalue weighted by molar-refractivity contribution is 7.89. The van der Waals surface area contributed by atoms with Crippen LogP contribution >= 0.6 is 22.9 Å². The van der Waals surface area contributed by atoms with Gasteiger partial charge in [-0.15, -0.1) is 11.3 Å². The highest BCUT2D eigenvalue weighted by Crippen LogP contribution is 2.38. The Balaban J connectivity index is 1.38. The van der Waals surface area contributed by atoms with Gasteiger partial charge in [0.25, 0.3) is 5.91 Å². The Morgan fingerprint density at radius 3 is 2.69 bits per heavy atom. The zero-order valence-corrected chi connectivity index (χ0v) is 19.2. The third-order valence-corrected chi connectivity index (χ3v) is 8.56. The lowest BCUT2D eigenvalue weighted by Gasteiger charge is -2.26. The molecule has 1 amide bonds. The van der Waals surface area contributed by atoms with Gasteiger partial charge in [0.1, 0.15) is 13.2 Å². The Kier molecular flexibility index (Phi) is 5.58. The summed E-state index contributed by atoms with van der Waals surface area (Å²) in [6.07, 6.45) is 0.690. The lowest BCUT2D eigenvalue weighted by Crippen LogP contribution is -2.35. The first kappa shape index (κ1) is 21.3. The molecule has 3 aromatic rings. The molecule has 1 N–H and O–H groups in total. The highest BCUT2D eigenvalue weighted by Gasteiger charge is 2.29. The molecule has 0 fully saturated rings. The first-order valence-electron chi connectivity index (χ1n) is 9.98. The number of carbonyl (C=O) groups is 1. The second-order valence-electron chi connectivity index (χ2n) is 7.42. The molecule has 0 spiro atoms. The zero-order valence-electron chi connectivity index (χ0n) is 16.8. The molecule has 0 saturated heterocycles. The second-order valence-corrected chi connectivity index (χ2v) is 10.8. The maximum absolute atomic E-state index is 13.2. The fraction of sp³-hybridized carbons (Fsp3) is 0.227. The number of carbonyl (C=O) groups excluding carboxylic acids is 1. The van der Waals surface area contributed by atoms with Gasteiger partial charge in [-0.05, 0) is 41.6 Å². The molecule has 0 unspecified atom stereocenters. The normalized spacial score (nSPS) is 15.8. The van der Waals surface area contributed by atoms with Gasteiger partial charge in [0.2, 0.25) is 10.0 Å². The minimum atomic E-state index is -3.74. The van der Waals surface area contributed by atoms with E-state index in [-0.39, 0.29) is 10.5 Å². The summed E-state index contributed by atoms with van der Waals surface area (Å²) in [7, 11) is -3.74. The first-order chi connectivity index (χ1) is 15.4. The van der Waals surface area contributed by atoms with Crippen LogP contribution in [-0.2, 0) is 23.0 Å². The van der Waals surface area contributed by atoms with E-state index in [4.69, 9.17) is 21.1 Å². The van der Waals surface area contributed by atoms with Crippen molar-refractivity contribution in [2.45, 2.75) is 17.9 Å². The number of anilines is 1. The van der Waals surface area contributed by atoms with E-state index < -0.39 is 15.9 Å². The molecule has 1 aromatic heterocycles. The molecule has 5 rings (SSSR count). The zero-order chi connectivity index (χ0) is 22.3. The summed E-state index contributed by atoms with van der Waals surface area (Å²) in [5.74, 6) is 0.534. The number of halogens is 1. The molecular formula is C22H19ClN2O5S2. The van der Waals surface area contributed by atoms with E-state index in [0.29, 0.717) is 54.9 Å². The Hall–Kier alpha value is -2.59. The average Bonchev–Trinajstić information content (AvgIpc) is 3.27. The smallest absolute Gasteiger partial charge is 0.255 e. The van der Waals surface area contributed by atoms with Gasteiger partial charge in [0.15, 0.2) is 11.5 Å². The van der Waals surface area contributed by atoms with Crippen LogP contribution in [0.15, 0.2) is 52.7 Å². The van der Waals surface area contributed by atoms with E-state index in [1.165, 1.54) is 21.3 Å². The van der Waals surface area contributed by atoms with Crippen molar-refractivity contribution < 1.29 is 22.7 Å². The Morgan fingerprint density at radius 1 is 1.09 bits per heavy atom. The Labute approximate surface area is 194 Å². The first-order valence-corrected chi connectivity index (χ1v) is 12.7. The SMILES string of the molecule is O=C(Nc1cc2c(cc1Cl)OCCO2)c1cccc(S(=O)(=O)N2CCc3sccc3C2)c1. The molecule has 2 aliphatic rings. The topological polar surface area (TPSA) is 84.9 Å². The van der Waals surface area contributed by atoms with E-state index in [9.17, 15) is 13.2 Å². The van der Waals surface area contributed by atoms with Gasteiger partial charge in [0, 0.05) is 35.7 Å². The highest BCUT2D eigenvalue weighted by atomic mass is 35.5. The van der Waals surface area contributed by atoms with Gasteiger partial charge in [0.05, 0.1) is 15.6 Å². The minimum absolute atomic E-state index is 0.0806. The van der Waals surface area contributed by atoms with Gasteiger partial charge >= 0.3 is 0 Å². The van der Waals surface area contributed by atoms with E-state index in [1.54, 1.807) is 35.6 Å². The van der Waals surface area contributed by atoms with E-state index in [0.717, 1.165) is 5.56 Å². The molecular weight excluding hydrogens is 472 g/mol. The van der Waals surface area contributed by atoms with E-state index >= 15 is 0 Å².